The predicted octanol–water partition coefficient (Wildman–Crippen LogP) is 5.51. The molecule has 0 spiro atoms. The van der Waals surface area contributed by atoms with Crippen LogP contribution < -0.4 is 4.90 Å². The molecule has 29 heavy (non-hydrogen) atoms. The molecule has 1 unspecified atom stereocenters. The van der Waals surface area contributed by atoms with Gasteiger partial charge < -0.3 is 0 Å². The third-order valence-electron chi connectivity index (χ3n) is 5.92. The number of hydrogen-bond donors (Lipinski definition) is 0. The fourth-order valence-corrected chi connectivity index (χ4v) is 4.62. The van der Waals surface area contributed by atoms with Crippen molar-refractivity contribution in [2.45, 2.75) is 31.6 Å². The summed E-state index contributed by atoms with van der Waals surface area (Å²) in [5.74, 6) is -0.642. The summed E-state index contributed by atoms with van der Waals surface area (Å²) < 4.78 is 13.8. The van der Waals surface area contributed by atoms with Crippen LogP contribution in [0.15, 0.2) is 78.0 Å². The first-order valence-corrected chi connectivity index (χ1v) is 9.95. The van der Waals surface area contributed by atoms with E-state index in [1.54, 1.807) is 17.0 Å². The number of amides is 1. The van der Waals surface area contributed by atoms with Gasteiger partial charge in [0.1, 0.15) is 5.82 Å². The highest BCUT2D eigenvalue weighted by molar-refractivity contribution is 6.07. The van der Waals surface area contributed by atoms with E-state index in [2.05, 4.69) is 6.07 Å². The molecule has 0 saturated heterocycles. The highest BCUT2D eigenvalue weighted by Crippen LogP contribution is 2.43. The number of carbonyl (C=O) groups excluding carboxylic acids is 2. The van der Waals surface area contributed by atoms with Crippen molar-refractivity contribution >= 4 is 28.2 Å². The lowest BCUT2D eigenvalue weighted by molar-refractivity contribution is -0.119. The normalized spacial score (nSPS) is 19.6. The number of ketones is 1. The average molecular weight is 385 g/mol. The van der Waals surface area contributed by atoms with Crippen LogP contribution in [-0.2, 0) is 9.59 Å². The quantitative estimate of drug-likeness (QED) is 0.584. The van der Waals surface area contributed by atoms with Gasteiger partial charge in [0.15, 0.2) is 5.78 Å². The highest BCUT2D eigenvalue weighted by Gasteiger charge is 2.39. The third-order valence-corrected chi connectivity index (χ3v) is 5.92. The Kier molecular flexibility index (Phi) is 4.27. The maximum Gasteiger partial charge on any atom is 0.232 e. The summed E-state index contributed by atoms with van der Waals surface area (Å²) in [7, 11) is 0. The van der Waals surface area contributed by atoms with E-state index in [0.29, 0.717) is 24.9 Å². The van der Waals surface area contributed by atoms with E-state index in [0.717, 1.165) is 27.6 Å². The second kappa shape index (κ2) is 6.96. The van der Waals surface area contributed by atoms with Crippen LogP contribution in [0, 0.1) is 5.82 Å². The lowest BCUT2D eigenvalue weighted by Crippen LogP contribution is -2.40. The SMILES string of the molecule is O=C1CCCC2=C1C(c1ccc3ccccc3c1)CC(=O)N2c1cccc(F)c1. The topological polar surface area (TPSA) is 37.4 Å². The van der Waals surface area contributed by atoms with Crippen molar-refractivity contribution in [3.05, 3.63) is 89.4 Å². The lowest BCUT2D eigenvalue weighted by atomic mass is 9.77. The summed E-state index contributed by atoms with van der Waals surface area (Å²) in [4.78, 5) is 27.7. The van der Waals surface area contributed by atoms with Crippen LogP contribution in [0.1, 0.15) is 37.2 Å². The second-order valence-corrected chi connectivity index (χ2v) is 7.71. The maximum absolute atomic E-state index is 13.8. The number of Topliss-reactive ketones (excluding diaryl/α,β-unsaturated/α-hetero) is 1. The molecular formula is C25H20FNO2. The molecule has 0 N–H and O–H groups in total. The van der Waals surface area contributed by atoms with Gasteiger partial charge in [-0.05, 0) is 47.4 Å². The molecule has 0 bridgehead atoms. The zero-order valence-corrected chi connectivity index (χ0v) is 15.9. The molecule has 0 fully saturated rings. The van der Waals surface area contributed by atoms with Gasteiger partial charge in [0, 0.05) is 30.0 Å². The number of nitrogens with zero attached hydrogens (tertiary/aromatic N) is 1. The van der Waals surface area contributed by atoms with E-state index in [1.807, 2.05) is 36.4 Å². The van der Waals surface area contributed by atoms with Crippen LogP contribution in [0.2, 0.25) is 0 Å². The average Bonchev–Trinajstić information content (AvgIpc) is 2.73. The molecular weight excluding hydrogens is 365 g/mol. The van der Waals surface area contributed by atoms with Crippen LogP contribution >= 0.6 is 0 Å². The Bertz CT molecular complexity index is 1180. The van der Waals surface area contributed by atoms with Gasteiger partial charge in [0.2, 0.25) is 5.91 Å². The van der Waals surface area contributed by atoms with Gasteiger partial charge in [0.05, 0.1) is 5.69 Å². The number of anilines is 1. The fourth-order valence-electron chi connectivity index (χ4n) is 4.62. The summed E-state index contributed by atoms with van der Waals surface area (Å²) in [6, 6.07) is 20.3. The first-order chi connectivity index (χ1) is 14.1. The van der Waals surface area contributed by atoms with E-state index in [4.69, 9.17) is 0 Å². The zero-order valence-electron chi connectivity index (χ0n) is 15.9. The van der Waals surface area contributed by atoms with Gasteiger partial charge in [-0.2, -0.15) is 0 Å². The largest absolute Gasteiger partial charge is 0.294 e. The Morgan fingerprint density at radius 1 is 0.862 bits per heavy atom. The van der Waals surface area contributed by atoms with Crippen molar-refractivity contribution in [2.75, 3.05) is 4.90 Å². The number of allylic oxidation sites excluding steroid dienone is 2. The Balaban J connectivity index is 1.66. The number of carbonyl (C=O) groups is 2. The minimum Gasteiger partial charge on any atom is -0.294 e. The van der Waals surface area contributed by atoms with E-state index in [9.17, 15) is 14.0 Å². The van der Waals surface area contributed by atoms with Gasteiger partial charge >= 0.3 is 0 Å². The molecule has 0 radical (unpaired) electrons. The van der Waals surface area contributed by atoms with Gasteiger partial charge in [-0.15, -0.1) is 0 Å². The molecule has 0 saturated carbocycles. The number of benzene rings is 3. The third kappa shape index (κ3) is 3.05. The van der Waals surface area contributed by atoms with Crippen molar-refractivity contribution in [3.8, 4) is 0 Å². The van der Waals surface area contributed by atoms with Gasteiger partial charge in [-0.1, -0.05) is 48.5 Å². The first-order valence-electron chi connectivity index (χ1n) is 9.95. The fraction of sp³-hybridized carbons (Fsp3) is 0.200. The number of halogens is 1. The smallest absolute Gasteiger partial charge is 0.232 e. The molecule has 2 aliphatic rings. The number of fused-ring (bicyclic) bond motifs is 1. The zero-order chi connectivity index (χ0) is 20.0. The molecule has 1 aliphatic carbocycles. The van der Waals surface area contributed by atoms with E-state index in [1.165, 1.54) is 12.1 Å². The predicted molar refractivity (Wildman–Crippen MR) is 111 cm³/mol. The van der Waals surface area contributed by atoms with E-state index in [-0.39, 0.29) is 24.0 Å². The molecule has 1 heterocycles. The molecule has 1 aliphatic heterocycles. The molecule has 3 aromatic carbocycles. The summed E-state index contributed by atoms with van der Waals surface area (Å²) in [5, 5.41) is 2.22. The summed E-state index contributed by atoms with van der Waals surface area (Å²) >= 11 is 0. The molecule has 4 heteroatoms. The van der Waals surface area contributed by atoms with Crippen molar-refractivity contribution in [3.63, 3.8) is 0 Å². The van der Waals surface area contributed by atoms with Crippen molar-refractivity contribution < 1.29 is 14.0 Å². The highest BCUT2D eigenvalue weighted by atomic mass is 19.1. The molecule has 5 rings (SSSR count). The molecule has 144 valence electrons. The minimum atomic E-state index is -0.392. The minimum absolute atomic E-state index is 0.0952. The van der Waals surface area contributed by atoms with Crippen molar-refractivity contribution in [1.82, 2.24) is 0 Å². The van der Waals surface area contributed by atoms with Gasteiger partial charge in [0.25, 0.3) is 0 Å². The summed E-state index contributed by atoms with van der Waals surface area (Å²) in [6.07, 6.45) is 2.06. The molecule has 1 amide bonds. The van der Waals surface area contributed by atoms with Crippen LogP contribution in [-0.4, -0.2) is 11.7 Å². The van der Waals surface area contributed by atoms with Crippen molar-refractivity contribution in [1.29, 1.82) is 0 Å². The second-order valence-electron chi connectivity index (χ2n) is 7.71. The monoisotopic (exact) mass is 385 g/mol. The Labute approximate surface area is 168 Å². The summed E-state index contributed by atoms with van der Waals surface area (Å²) in [6.45, 7) is 0. The van der Waals surface area contributed by atoms with Crippen molar-refractivity contribution in [2.24, 2.45) is 0 Å². The van der Waals surface area contributed by atoms with Crippen LogP contribution in [0.3, 0.4) is 0 Å². The number of rotatable bonds is 2. The molecule has 0 aromatic heterocycles. The molecule has 1 atom stereocenters. The summed E-state index contributed by atoms with van der Waals surface area (Å²) in [5.41, 5.74) is 2.93. The van der Waals surface area contributed by atoms with Crippen LogP contribution in [0.25, 0.3) is 10.8 Å². The van der Waals surface area contributed by atoms with Gasteiger partial charge in [-0.25, -0.2) is 4.39 Å². The molecule has 3 aromatic rings. The van der Waals surface area contributed by atoms with E-state index < -0.39 is 5.82 Å². The standard InChI is InChI=1S/C25H20FNO2/c26-19-7-3-8-20(14-19)27-22-9-4-10-23(28)25(22)21(15-24(27)29)18-12-11-16-5-1-2-6-17(16)13-18/h1-3,5-8,11-14,21H,4,9-10,15H2. The van der Waals surface area contributed by atoms with Crippen LogP contribution in [0.4, 0.5) is 10.1 Å². The number of hydrogen-bond acceptors (Lipinski definition) is 2. The molecule has 3 nitrogen and oxygen atoms in total. The lowest BCUT2D eigenvalue weighted by Gasteiger charge is -2.38. The van der Waals surface area contributed by atoms with Gasteiger partial charge in [-0.3, -0.25) is 14.5 Å². The maximum atomic E-state index is 13.8. The first kappa shape index (κ1) is 17.8. The Morgan fingerprint density at radius 3 is 2.52 bits per heavy atom. The Hall–Kier alpha value is -3.27. The van der Waals surface area contributed by atoms with Crippen LogP contribution in [0.5, 0.6) is 0 Å². The Morgan fingerprint density at radius 2 is 1.69 bits per heavy atom. The van der Waals surface area contributed by atoms with E-state index >= 15 is 0 Å².